The summed E-state index contributed by atoms with van der Waals surface area (Å²) >= 11 is 0. The second-order valence-corrected chi connectivity index (χ2v) is 3.52. The molecule has 0 fully saturated rings. The number of hydrogen-bond acceptors (Lipinski definition) is 2. The van der Waals surface area contributed by atoms with Gasteiger partial charge in [0.05, 0.1) is 5.56 Å². The minimum Gasteiger partial charge on any atom is -0.475 e. The molecule has 5 heteroatoms. The molecule has 1 heterocycles. The van der Waals surface area contributed by atoms with E-state index < -0.39 is 17.6 Å². The summed E-state index contributed by atoms with van der Waals surface area (Å²) in [7, 11) is 0. The van der Waals surface area contributed by atoms with Gasteiger partial charge in [0.2, 0.25) is 5.76 Å². The predicted octanol–water partition coefficient (Wildman–Crippen LogP) is 3.23. The first kappa shape index (κ1) is 11.3. The number of aryl methyl sites for hydroxylation is 1. The van der Waals surface area contributed by atoms with Gasteiger partial charge in [-0.05, 0) is 30.7 Å². The van der Waals surface area contributed by atoms with Crippen LogP contribution in [-0.4, -0.2) is 11.1 Å². The average molecular weight is 238 g/mol. The fourth-order valence-electron chi connectivity index (χ4n) is 1.47. The summed E-state index contributed by atoms with van der Waals surface area (Å²) in [5.41, 5.74) is -0.0906. The molecule has 0 radical (unpaired) electrons. The van der Waals surface area contributed by atoms with Crippen LogP contribution in [0.15, 0.2) is 28.7 Å². The number of aromatic carboxylic acids is 1. The summed E-state index contributed by atoms with van der Waals surface area (Å²) in [6.07, 6.45) is 0. The molecule has 0 aliphatic rings. The van der Waals surface area contributed by atoms with E-state index in [0.717, 1.165) is 12.1 Å². The fourth-order valence-corrected chi connectivity index (χ4v) is 1.47. The second kappa shape index (κ2) is 4.01. The number of hydrogen-bond donors (Lipinski definition) is 1. The molecule has 0 atom stereocenters. The molecular weight excluding hydrogens is 230 g/mol. The van der Waals surface area contributed by atoms with Crippen molar-refractivity contribution in [2.24, 2.45) is 0 Å². The van der Waals surface area contributed by atoms with E-state index in [-0.39, 0.29) is 22.6 Å². The van der Waals surface area contributed by atoms with Gasteiger partial charge >= 0.3 is 5.97 Å². The third-order valence-electron chi connectivity index (χ3n) is 2.35. The van der Waals surface area contributed by atoms with Gasteiger partial charge in [-0.15, -0.1) is 0 Å². The smallest absolute Gasteiger partial charge is 0.371 e. The second-order valence-electron chi connectivity index (χ2n) is 3.52. The Balaban J connectivity index is 2.60. The number of carbonyl (C=O) groups is 1. The van der Waals surface area contributed by atoms with Crippen LogP contribution < -0.4 is 0 Å². The highest BCUT2D eigenvalue weighted by Crippen LogP contribution is 2.29. The van der Waals surface area contributed by atoms with Crippen molar-refractivity contribution in [1.82, 2.24) is 0 Å². The Morgan fingerprint density at radius 1 is 1.24 bits per heavy atom. The fraction of sp³-hybridized carbons (Fsp3) is 0.0833. The van der Waals surface area contributed by atoms with Crippen LogP contribution in [-0.2, 0) is 0 Å². The number of carboxylic acids is 1. The van der Waals surface area contributed by atoms with Crippen LogP contribution in [0, 0.1) is 18.6 Å². The van der Waals surface area contributed by atoms with E-state index in [1.807, 2.05) is 0 Å². The van der Waals surface area contributed by atoms with E-state index in [2.05, 4.69) is 0 Å². The van der Waals surface area contributed by atoms with Crippen molar-refractivity contribution >= 4 is 5.97 Å². The van der Waals surface area contributed by atoms with Gasteiger partial charge in [-0.1, -0.05) is 6.07 Å². The van der Waals surface area contributed by atoms with Crippen LogP contribution in [0.25, 0.3) is 11.3 Å². The number of benzene rings is 1. The minimum absolute atomic E-state index is 0.138. The van der Waals surface area contributed by atoms with Gasteiger partial charge < -0.3 is 9.52 Å². The van der Waals surface area contributed by atoms with Crippen LogP contribution in [0.5, 0.6) is 0 Å². The van der Waals surface area contributed by atoms with Gasteiger partial charge in [-0.2, -0.15) is 0 Å². The van der Waals surface area contributed by atoms with E-state index in [1.165, 1.54) is 19.1 Å². The molecule has 1 aromatic carbocycles. The molecule has 1 N–H and O–H groups in total. The average Bonchev–Trinajstić information content (AvgIpc) is 2.73. The van der Waals surface area contributed by atoms with Gasteiger partial charge in [0, 0.05) is 0 Å². The lowest BCUT2D eigenvalue weighted by Gasteiger charge is -2.04. The van der Waals surface area contributed by atoms with Crippen LogP contribution >= 0.6 is 0 Å². The Kier molecular flexibility index (Phi) is 2.67. The van der Waals surface area contributed by atoms with E-state index in [0.29, 0.717) is 0 Å². The molecule has 0 saturated carbocycles. The Morgan fingerprint density at radius 3 is 2.53 bits per heavy atom. The highest BCUT2D eigenvalue weighted by molar-refractivity contribution is 5.85. The standard InChI is InChI=1S/C12H8F2O3/c1-6-2-3-7(13)10(11(6)14)8-4-5-9(17-8)12(15)16/h2-5H,1H3,(H,15,16). The first-order valence-electron chi connectivity index (χ1n) is 4.79. The molecule has 0 unspecified atom stereocenters. The van der Waals surface area contributed by atoms with E-state index in [4.69, 9.17) is 9.52 Å². The zero-order chi connectivity index (χ0) is 12.6. The minimum atomic E-state index is -1.29. The zero-order valence-corrected chi connectivity index (χ0v) is 8.83. The monoisotopic (exact) mass is 238 g/mol. The first-order valence-corrected chi connectivity index (χ1v) is 4.79. The summed E-state index contributed by atoms with van der Waals surface area (Å²) in [6.45, 7) is 1.49. The topological polar surface area (TPSA) is 50.4 Å². The maximum absolute atomic E-state index is 13.7. The van der Waals surface area contributed by atoms with Gasteiger partial charge in [0.15, 0.2) is 0 Å². The normalized spacial score (nSPS) is 10.5. The van der Waals surface area contributed by atoms with E-state index in [9.17, 15) is 13.6 Å². The largest absolute Gasteiger partial charge is 0.475 e. The van der Waals surface area contributed by atoms with Crippen molar-refractivity contribution in [2.45, 2.75) is 6.92 Å². The molecule has 0 aliphatic heterocycles. The molecule has 0 spiro atoms. The van der Waals surface area contributed by atoms with Crippen LogP contribution in [0.2, 0.25) is 0 Å². The van der Waals surface area contributed by atoms with Gasteiger partial charge in [0.25, 0.3) is 0 Å². The maximum Gasteiger partial charge on any atom is 0.371 e. The predicted molar refractivity (Wildman–Crippen MR) is 55.8 cm³/mol. The molecule has 0 amide bonds. The quantitative estimate of drug-likeness (QED) is 0.873. The summed E-state index contributed by atoms with van der Waals surface area (Å²) in [6, 6.07) is 4.79. The van der Waals surface area contributed by atoms with Gasteiger partial charge in [-0.3, -0.25) is 0 Å². The highest BCUT2D eigenvalue weighted by Gasteiger charge is 2.18. The number of furan rings is 1. The summed E-state index contributed by atoms with van der Waals surface area (Å²) in [5.74, 6) is -3.33. The number of carboxylic acid groups (broad SMARTS) is 1. The Bertz CT molecular complexity index is 587. The lowest BCUT2D eigenvalue weighted by molar-refractivity contribution is 0.0663. The van der Waals surface area contributed by atoms with Gasteiger partial charge in [0.1, 0.15) is 17.4 Å². The number of rotatable bonds is 2. The van der Waals surface area contributed by atoms with E-state index >= 15 is 0 Å². The Labute approximate surface area is 95.3 Å². The molecule has 88 valence electrons. The van der Waals surface area contributed by atoms with Crippen molar-refractivity contribution in [1.29, 1.82) is 0 Å². The lowest BCUT2D eigenvalue weighted by Crippen LogP contribution is -1.93. The molecule has 0 bridgehead atoms. The van der Waals surface area contributed by atoms with Crippen molar-refractivity contribution in [3.05, 3.63) is 47.2 Å². The molecular formula is C12H8F2O3. The van der Waals surface area contributed by atoms with Crippen LogP contribution in [0.3, 0.4) is 0 Å². The van der Waals surface area contributed by atoms with Crippen LogP contribution in [0.1, 0.15) is 16.1 Å². The van der Waals surface area contributed by atoms with Crippen molar-refractivity contribution < 1.29 is 23.1 Å². The third kappa shape index (κ3) is 1.91. The van der Waals surface area contributed by atoms with Gasteiger partial charge in [-0.25, -0.2) is 13.6 Å². The molecule has 0 saturated heterocycles. The first-order chi connectivity index (χ1) is 8.00. The van der Waals surface area contributed by atoms with Crippen LogP contribution in [0.4, 0.5) is 8.78 Å². The van der Waals surface area contributed by atoms with Crippen molar-refractivity contribution in [3.8, 4) is 11.3 Å². The Morgan fingerprint density at radius 2 is 1.94 bits per heavy atom. The third-order valence-corrected chi connectivity index (χ3v) is 2.35. The lowest BCUT2D eigenvalue weighted by atomic mass is 10.1. The van der Waals surface area contributed by atoms with E-state index in [1.54, 1.807) is 0 Å². The molecule has 3 nitrogen and oxygen atoms in total. The number of halogens is 2. The molecule has 2 rings (SSSR count). The Hall–Kier alpha value is -2.17. The maximum atomic E-state index is 13.7. The van der Waals surface area contributed by atoms with Crippen molar-refractivity contribution in [2.75, 3.05) is 0 Å². The highest BCUT2D eigenvalue weighted by atomic mass is 19.1. The zero-order valence-electron chi connectivity index (χ0n) is 8.83. The SMILES string of the molecule is Cc1ccc(F)c(-c2ccc(C(=O)O)o2)c1F. The summed E-state index contributed by atoms with van der Waals surface area (Å²) < 4.78 is 32.1. The molecule has 2 aromatic rings. The molecule has 0 aliphatic carbocycles. The molecule has 1 aromatic heterocycles. The summed E-state index contributed by atoms with van der Waals surface area (Å²) in [5, 5.41) is 8.66. The summed E-state index contributed by atoms with van der Waals surface area (Å²) in [4.78, 5) is 10.6. The van der Waals surface area contributed by atoms with Crippen molar-refractivity contribution in [3.63, 3.8) is 0 Å². The molecule has 17 heavy (non-hydrogen) atoms.